The van der Waals surface area contributed by atoms with Crippen molar-refractivity contribution in [3.05, 3.63) is 0 Å². The summed E-state index contributed by atoms with van der Waals surface area (Å²) in [5.74, 6) is 2.94. The number of hydrogen-bond acceptors (Lipinski definition) is 3. The predicted octanol–water partition coefficient (Wildman–Crippen LogP) is 2.06. The van der Waals surface area contributed by atoms with Crippen molar-refractivity contribution < 1.29 is 9.53 Å². The summed E-state index contributed by atoms with van der Waals surface area (Å²) in [6.07, 6.45) is 6.06. The molecule has 0 saturated heterocycles. The van der Waals surface area contributed by atoms with E-state index in [2.05, 4.69) is 5.32 Å². The van der Waals surface area contributed by atoms with Gasteiger partial charge in [0.2, 0.25) is 0 Å². The summed E-state index contributed by atoms with van der Waals surface area (Å²) in [5.41, 5.74) is 0. The molecule has 0 unspecified atom stereocenters. The molecule has 4 aliphatic rings. The Labute approximate surface area is 101 Å². The van der Waals surface area contributed by atoms with Crippen molar-refractivity contribution in [1.29, 1.82) is 5.26 Å². The van der Waals surface area contributed by atoms with Crippen LogP contribution < -0.4 is 5.32 Å². The van der Waals surface area contributed by atoms with Crippen molar-refractivity contribution in [2.45, 2.75) is 38.2 Å². The van der Waals surface area contributed by atoms with E-state index in [0.717, 1.165) is 11.8 Å². The molecular formula is C13H18N2O2. The van der Waals surface area contributed by atoms with E-state index in [1.54, 1.807) is 0 Å². The first-order chi connectivity index (χ1) is 8.26. The average molecular weight is 234 g/mol. The number of amides is 1. The lowest BCUT2D eigenvalue weighted by molar-refractivity contribution is -0.0959. The van der Waals surface area contributed by atoms with Gasteiger partial charge in [-0.15, -0.1) is 0 Å². The van der Waals surface area contributed by atoms with Gasteiger partial charge in [0.25, 0.3) is 0 Å². The molecule has 0 aromatic heterocycles. The zero-order valence-corrected chi connectivity index (χ0v) is 9.89. The second-order valence-corrected chi connectivity index (χ2v) is 5.81. The third kappa shape index (κ3) is 1.99. The van der Waals surface area contributed by atoms with Crippen LogP contribution in [0.5, 0.6) is 0 Å². The van der Waals surface area contributed by atoms with Crippen LogP contribution in [0.1, 0.15) is 32.1 Å². The summed E-state index contributed by atoms with van der Waals surface area (Å²) in [5, 5.41) is 10.9. The van der Waals surface area contributed by atoms with Crippen LogP contribution in [-0.4, -0.2) is 18.7 Å². The lowest BCUT2D eigenvalue weighted by atomic mass is 9.55. The Balaban J connectivity index is 1.61. The normalized spacial score (nSPS) is 41.9. The predicted molar refractivity (Wildman–Crippen MR) is 60.9 cm³/mol. The van der Waals surface area contributed by atoms with E-state index < -0.39 is 6.09 Å². The number of carbonyl (C=O) groups excluding carboxylic acids is 1. The second kappa shape index (κ2) is 4.21. The third-order valence-corrected chi connectivity index (χ3v) is 4.70. The maximum Gasteiger partial charge on any atom is 0.408 e. The molecule has 92 valence electrons. The van der Waals surface area contributed by atoms with Gasteiger partial charge >= 0.3 is 6.09 Å². The molecule has 0 atom stereocenters. The van der Waals surface area contributed by atoms with Crippen LogP contribution in [0.3, 0.4) is 0 Å². The van der Waals surface area contributed by atoms with Crippen molar-refractivity contribution in [2.24, 2.45) is 23.7 Å². The van der Waals surface area contributed by atoms with Crippen LogP contribution in [-0.2, 0) is 4.74 Å². The number of hydrogen-bond donors (Lipinski definition) is 1. The Bertz CT molecular complexity index is 333. The van der Waals surface area contributed by atoms with Crippen LogP contribution in [0.2, 0.25) is 0 Å². The minimum atomic E-state index is -0.413. The number of nitrogens with zero attached hydrogens (tertiary/aromatic N) is 1. The molecule has 4 nitrogen and oxygen atoms in total. The fraction of sp³-hybridized carbons (Fsp3) is 0.846. The van der Waals surface area contributed by atoms with Crippen molar-refractivity contribution in [1.82, 2.24) is 5.32 Å². The van der Waals surface area contributed by atoms with Gasteiger partial charge in [-0.3, -0.25) is 0 Å². The molecule has 0 aliphatic heterocycles. The lowest BCUT2D eigenvalue weighted by Gasteiger charge is -2.53. The highest BCUT2D eigenvalue weighted by atomic mass is 16.6. The number of rotatable bonds is 2. The quantitative estimate of drug-likeness (QED) is 0.744. The number of ether oxygens (including phenoxy) is 1. The highest BCUT2D eigenvalue weighted by molar-refractivity contribution is 5.67. The monoisotopic (exact) mass is 234 g/mol. The first kappa shape index (κ1) is 10.9. The van der Waals surface area contributed by atoms with Gasteiger partial charge in [-0.25, -0.2) is 4.79 Å². The summed E-state index contributed by atoms with van der Waals surface area (Å²) in [7, 11) is 0. The van der Waals surface area contributed by atoms with E-state index in [0.29, 0.717) is 11.8 Å². The summed E-state index contributed by atoms with van der Waals surface area (Å²) in [4.78, 5) is 11.5. The van der Waals surface area contributed by atoms with Crippen molar-refractivity contribution in [2.75, 3.05) is 6.54 Å². The first-order valence-corrected chi connectivity index (χ1v) is 6.57. The maximum atomic E-state index is 11.5. The largest absolute Gasteiger partial charge is 0.446 e. The van der Waals surface area contributed by atoms with Crippen LogP contribution in [0, 0.1) is 35.0 Å². The molecule has 0 aromatic rings. The smallest absolute Gasteiger partial charge is 0.408 e. The molecule has 17 heavy (non-hydrogen) atoms. The topological polar surface area (TPSA) is 62.1 Å². The van der Waals surface area contributed by atoms with Gasteiger partial charge in [0.15, 0.2) is 0 Å². The SMILES string of the molecule is N#CCNC(=O)OC1C2CC3CC(C2)CC1C3. The van der Waals surface area contributed by atoms with Gasteiger partial charge in [0.1, 0.15) is 12.6 Å². The molecule has 0 heterocycles. The van der Waals surface area contributed by atoms with Crippen LogP contribution in [0.25, 0.3) is 0 Å². The van der Waals surface area contributed by atoms with Crippen molar-refractivity contribution >= 4 is 6.09 Å². The molecule has 1 N–H and O–H groups in total. The highest BCUT2D eigenvalue weighted by Gasteiger charge is 2.49. The van der Waals surface area contributed by atoms with Crippen LogP contribution in [0.4, 0.5) is 4.79 Å². The first-order valence-electron chi connectivity index (χ1n) is 6.57. The van der Waals surface area contributed by atoms with Crippen LogP contribution >= 0.6 is 0 Å². The molecule has 4 fully saturated rings. The number of carbonyl (C=O) groups is 1. The number of nitrogens with one attached hydrogen (secondary N) is 1. The lowest BCUT2D eigenvalue weighted by Crippen LogP contribution is -2.50. The Hall–Kier alpha value is -1.24. The van der Waals surface area contributed by atoms with Gasteiger partial charge in [-0.2, -0.15) is 5.26 Å². The fourth-order valence-corrected chi connectivity index (χ4v) is 4.34. The molecule has 0 aromatic carbocycles. The Morgan fingerprint density at radius 2 is 1.76 bits per heavy atom. The fourth-order valence-electron chi connectivity index (χ4n) is 4.34. The van der Waals surface area contributed by atoms with Gasteiger partial charge in [-0.1, -0.05) is 0 Å². The summed E-state index contributed by atoms with van der Waals surface area (Å²) in [6, 6.07) is 1.89. The van der Waals surface area contributed by atoms with Gasteiger partial charge in [-0.05, 0) is 55.8 Å². The van der Waals surface area contributed by atoms with E-state index in [1.165, 1.54) is 32.1 Å². The molecule has 0 radical (unpaired) electrons. The minimum absolute atomic E-state index is 0.0339. The van der Waals surface area contributed by atoms with E-state index in [1.807, 2.05) is 6.07 Å². The molecule has 1 amide bonds. The molecule has 4 saturated carbocycles. The molecule has 4 aliphatic carbocycles. The standard InChI is InChI=1S/C13H18N2O2/c14-1-2-15-13(16)17-12-10-4-8-3-9(6-10)7-11(12)5-8/h8-12H,2-7H2,(H,15,16). The summed E-state index contributed by atoms with van der Waals surface area (Å²) in [6.45, 7) is 0.0339. The number of alkyl carbamates (subject to hydrolysis) is 1. The second-order valence-electron chi connectivity index (χ2n) is 5.81. The molecule has 4 rings (SSSR count). The Kier molecular flexibility index (Phi) is 2.70. The summed E-state index contributed by atoms with van der Waals surface area (Å²) < 4.78 is 5.53. The highest BCUT2D eigenvalue weighted by Crippen LogP contribution is 2.54. The van der Waals surface area contributed by atoms with Gasteiger partial charge in [0.05, 0.1) is 6.07 Å². The van der Waals surface area contributed by atoms with Crippen molar-refractivity contribution in [3.8, 4) is 6.07 Å². The maximum absolute atomic E-state index is 11.5. The zero-order valence-electron chi connectivity index (χ0n) is 9.89. The Morgan fingerprint density at radius 1 is 1.18 bits per heavy atom. The minimum Gasteiger partial charge on any atom is -0.446 e. The molecule has 4 bridgehead atoms. The van der Waals surface area contributed by atoms with Crippen molar-refractivity contribution in [3.63, 3.8) is 0 Å². The van der Waals surface area contributed by atoms with Gasteiger partial charge in [0, 0.05) is 0 Å². The molecule has 0 spiro atoms. The molecule has 4 heteroatoms. The van der Waals surface area contributed by atoms with E-state index in [9.17, 15) is 4.79 Å². The number of nitriles is 1. The zero-order chi connectivity index (χ0) is 11.8. The molecular weight excluding hydrogens is 216 g/mol. The van der Waals surface area contributed by atoms with E-state index in [-0.39, 0.29) is 12.6 Å². The van der Waals surface area contributed by atoms with E-state index in [4.69, 9.17) is 10.00 Å². The van der Waals surface area contributed by atoms with Gasteiger partial charge < -0.3 is 10.1 Å². The third-order valence-electron chi connectivity index (χ3n) is 4.70. The van der Waals surface area contributed by atoms with E-state index >= 15 is 0 Å². The van der Waals surface area contributed by atoms with Crippen LogP contribution in [0.15, 0.2) is 0 Å². The Morgan fingerprint density at radius 3 is 2.29 bits per heavy atom. The average Bonchev–Trinajstić information content (AvgIpc) is 2.30. The summed E-state index contributed by atoms with van der Waals surface area (Å²) >= 11 is 0.